The Morgan fingerprint density at radius 3 is 2.06 bits per heavy atom. The standard InChI is InChI=1S/C26H17N3O3/c30-23-18-9-5-4-8-17(18)22-20(23)19(21-24(27-22)28-26(32)29-25(21)31)16-12-10-15(11-13-16)14-6-2-1-3-7-14/h1-13,19H,(H3,27,28,29,31,32)/t19-/m0/s1. The second kappa shape index (κ2) is 6.78. The first kappa shape index (κ1) is 18.3. The van der Waals surface area contributed by atoms with Crippen LogP contribution >= 0.6 is 0 Å². The molecule has 6 heteroatoms. The number of anilines is 1. The number of ketones is 1. The lowest BCUT2D eigenvalue weighted by atomic mass is 9.81. The van der Waals surface area contributed by atoms with Crippen LogP contribution in [0.4, 0.5) is 5.82 Å². The van der Waals surface area contributed by atoms with Crippen molar-refractivity contribution < 1.29 is 4.79 Å². The monoisotopic (exact) mass is 419 g/mol. The molecule has 3 N–H and O–H groups in total. The molecule has 4 aromatic rings. The quantitative estimate of drug-likeness (QED) is 0.459. The molecule has 2 aliphatic rings. The van der Waals surface area contributed by atoms with Gasteiger partial charge in [0.25, 0.3) is 5.56 Å². The van der Waals surface area contributed by atoms with Gasteiger partial charge in [-0.15, -0.1) is 0 Å². The van der Waals surface area contributed by atoms with Gasteiger partial charge in [-0.05, 0) is 16.7 Å². The summed E-state index contributed by atoms with van der Waals surface area (Å²) in [5, 5.41) is 3.15. The number of nitrogens with one attached hydrogen (secondary N) is 3. The minimum Gasteiger partial charge on any atom is -0.340 e. The molecule has 0 spiro atoms. The molecule has 0 saturated heterocycles. The van der Waals surface area contributed by atoms with E-state index in [1.165, 1.54) is 0 Å². The van der Waals surface area contributed by atoms with Crippen LogP contribution in [0.5, 0.6) is 0 Å². The molecule has 6 rings (SSSR count). The number of allylic oxidation sites excluding steroid dienone is 1. The van der Waals surface area contributed by atoms with E-state index >= 15 is 0 Å². The zero-order valence-electron chi connectivity index (χ0n) is 16.8. The third kappa shape index (κ3) is 2.63. The Bertz CT molecular complexity index is 1540. The van der Waals surface area contributed by atoms with Crippen molar-refractivity contribution in [2.24, 2.45) is 0 Å². The number of aromatic nitrogens is 2. The lowest BCUT2D eigenvalue weighted by Gasteiger charge is -2.27. The van der Waals surface area contributed by atoms with Crippen LogP contribution in [-0.2, 0) is 0 Å². The summed E-state index contributed by atoms with van der Waals surface area (Å²) in [4.78, 5) is 43.3. The van der Waals surface area contributed by atoms with E-state index in [-0.39, 0.29) is 5.78 Å². The molecule has 3 aromatic carbocycles. The number of benzene rings is 3. The van der Waals surface area contributed by atoms with Crippen molar-refractivity contribution in [3.63, 3.8) is 0 Å². The summed E-state index contributed by atoms with van der Waals surface area (Å²) in [5.41, 5.74) is 4.65. The summed E-state index contributed by atoms with van der Waals surface area (Å²) >= 11 is 0. The Balaban J connectivity index is 1.56. The van der Waals surface area contributed by atoms with Gasteiger partial charge in [0.1, 0.15) is 5.82 Å². The maximum Gasteiger partial charge on any atom is 0.327 e. The van der Waals surface area contributed by atoms with Crippen molar-refractivity contribution in [3.05, 3.63) is 128 Å². The Hall–Kier alpha value is -4.45. The van der Waals surface area contributed by atoms with Gasteiger partial charge in [-0.3, -0.25) is 19.6 Å². The maximum atomic E-state index is 13.4. The zero-order chi connectivity index (χ0) is 21.8. The van der Waals surface area contributed by atoms with Crippen molar-refractivity contribution in [2.45, 2.75) is 5.92 Å². The van der Waals surface area contributed by atoms with E-state index in [9.17, 15) is 14.4 Å². The zero-order valence-corrected chi connectivity index (χ0v) is 16.8. The smallest absolute Gasteiger partial charge is 0.327 e. The highest BCUT2D eigenvalue weighted by Crippen LogP contribution is 2.47. The molecule has 1 aliphatic carbocycles. The summed E-state index contributed by atoms with van der Waals surface area (Å²) in [7, 11) is 0. The predicted molar refractivity (Wildman–Crippen MR) is 123 cm³/mol. The molecule has 0 saturated carbocycles. The Morgan fingerprint density at radius 2 is 1.31 bits per heavy atom. The van der Waals surface area contributed by atoms with E-state index in [4.69, 9.17) is 0 Å². The minimum absolute atomic E-state index is 0.114. The van der Waals surface area contributed by atoms with Crippen LogP contribution in [0, 0.1) is 0 Å². The number of fused-ring (bicyclic) bond motifs is 3. The van der Waals surface area contributed by atoms with Crippen molar-refractivity contribution in [1.82, 2.24) is 9.97 Å². The van der Waals surface area contributed by atoms with Gasteiger partial charge in [0.2, 0.25) is 0 Å². The molecule has 0 fully saturated rings. The molecule has 0 radical (unpaired) electrons. The SMILES string of the molecule is O=C1C2=C(Nc3[nH]c(=O)[nH]c(=O)c3[C@H]2c2ccc(-c3ccccc3)cc2)c2ccccc21. The first-order valence-corrected chi connectivity index (χ1v) is 10.3. The number of hydrogen-bond donors (Lipinski definition) is 3. The van der Waals surface area contributed by atoms with Gasteiger partial charge in [0.05, 0.1) is 11.3 Å². The molecule has 1 aromatic heterocycles. The van der Waals surface area contributed by atoms with Gasteiger partial charge >= 0.3 is 5.69 Å². The maximum absolute atomic E-state index is 13.4. The summed E-state index contributed by atoms with van der Waals surface area (Å²) in [5.74, 6) is -0.401. The fourth-order valence-electron chi connectivity index (χ4n) is 4.68. The van der Waals surface area contributed by atoms with E-state index in [1.54, 1.807) is 6.07 Å². The lowest BCUT2D eigenvalue weighted by molar-refractivity contribution is 0.103. The van der Waals surface area contributed by atoms with Crippen LogP contribution in [0.2, 0.25) is 0 Å². The van der Waals surface area contributed by atoms with E-state index in [0.717, 1.165) is 22.3 Å². The van der Waals surface area contributed by atoms with Gasteiger partial charge in [-0.25, -0.2) is 4.79 Å². The van der Waals surface area contributed by atoms with Crippen molar-refractivity contribution in [2.75, 3.05) is 5.32 Å². The van der Waals surface area contributed by atoms with E-state index in [2.05, 4.69) is 15.3 Å². The molecule has 0 amide bonds. The van der Waals surface area contributed by atoms with Crippen LogP contribution in [0.3, 0.4) is 0 Å². The Labute approximate surface area is 182 Å². The third-order valence-electron chi connectivity index (χ3n) is 6.11. The third-order valence-corrected chi connectivity index (χ3v) is 6.11. The van der Waals surface area contributed by atoms with Crippen molar-refractivity contribution >= 4 is 17.3 Å². The molecule has 1 atom stereocenters. The lowest BCUT2D eigenvalue weighted by Crippen LogP contribution is -2.33. The highest BCUT2D eigenvalue weighted by atomic mass is 16.2. The van der Waals surface area contributed by atoms with E-state index in [0.29, 0.717) is 28.2 Å². The molecular weight excluding hydrogens is 402 g/mol. The fraction of sp³-hybridized carbons (Fsp3) is 0.0385. The molecule has 6 nitrogen and oxygen atoms in total. The second-order valence-corrected chi connectivity index (χ2v) is 7.91. The minimum atomic E-state index is -0.605. The van der Waals surface area contributed by atoms with Crippen LogP contribution in [0.25, 0.3) is 16.8 Å². The normalized spacial score (nSPS) is 16.2. The summed E-state index contributed by atoms with van der Waals surface area (Å²) in [6.07, 6.45) is 0. The van der Waals surface area contributed by atoms with Crippen LogP contribution in [0.1, 0.15) is 33.0 Å². The number of carbonyl (C=O) groups excluding carboxylic acids is 1. The average Bonchev–Trinajstić information content (AvgIpc) is 3.10. The average molecular weight is 419 g/mol. The molecule has 0 bridgehead atoms. The van der Waals surface area contributed by atoms with Gasteiger partial charge in [-0.1, -0.05) is 78.9 Å². The highest BCUT2D eigenvalue weighted by molar-refractivity contribution is 6.23. The van der Waals surface area contributed by atoms with E-state index in [1.807, 2.05) is 72.8 Å². The number of hydrogen-bond acceptors (Lipinski definition) is 4. The van der Waals surface area contributed by atoms with Crippen LogP contribution < -0.4 is 16.6 Å². The Kier molecular flexibility index (Phi) is 3.89. The topological polar surface area (TPSA) is 94.8 Å². The molecule has 2 heterocycles. The number of H-pyrrole nitrogens is 2. The molecule has 1 aliphatic heterocycles. The number of rotatable bonds is 2. The first-order valence-electron chi connectivity index (χ1n) is 10.3. The second-order valence-electron chi connectivity index (χ2n) is 7.91. The number of aromatic amines is 2. The Morgan fingerprint density at radius 1 is 0.656 bits per heavy atom. The largest absolute Gasteiger partial charge is 0.340 e. The summed E-state index contributed by atoms with van der Waals surface area (Å²) in [6.45, 7) is 0. The van der Waals surface area contributed by atoms with Crippen LogP contribution in [0.15, 0.2) is 94.0 Å². The van der Waals surface area contributed by atoms with Gasteiger partial charge in [0.15, 0.2) is 5.78 Å². The van der Waals surface area contributed by atoms with Gasteiger partial charge in [-0.2, -0.15) is 0 Å². The molecule has 32 heavy (non-hydrogen) atoms. The summed E-state index contributed by atoms with van der Waals surface area (Å²) in [6, 6.07) is 25.2. The number of carbonyl (C=O) groups is 1. The van der Waals surface area contributed by atoms with Crippen molar-refractivity contribution in [1.29, 1.82) is 0 Å². The molecule has 0 unspecified atom stereocenters. The van der Waals surface area contributed by atoms with Crippen LogP contribution in [-0.4, -0.2) is 15.8 Å². The molecule has 154 valence electrons. The predicted octanol–water partition coefficient (Wildman–Crippen LogP) is 3.90. The van der Waals surface area contributed by atoms with E-state index < -0.39 is 17.2 Å². The first-order chi connectivity index (χ1) is 15.6. The number of Topliss-reactive ketones (excluding diaryl/α,β-unsaturated/α-hetero) is 1. The van der Waals surface area contributed by atoms with Crippen molar-refractivity contribution in [3.8, 4) is 11.1 Å². The van der Waals surface area contributed by atoms with Gasteiger partial charge < -0.3 is 5.32 Å². The summed E-state index contributed by atoms with van der Waals surface area (Å²) < 4.78 is 0. The van der Waals surface area contributed by atoms with Gasteiger partial charge in [0, 0.05) is 22.6 Å². The highest BCUT2D eigenvalue weighted by Gasteiger charge is 2.41. The molecular formula is C26H17N3O3. The fourth-order valence-corrected chi connectivity index (χ4v) is 4.68.